The zero-order chi connectivity index (χ0) is 19.9. The summed E-state index contributed by atoms with van der Waals surface area (Å²) >= 11 is 0. The van der Waals surface area contributed by atoms with Gasteiger partial charge in [0.2, 0.25) is 10.0 Å². The maximum atomic E-state index is 12.7. The lowest BCUT2D eigenvalue weighted by Gasteiger charge is -2.25. The summed E-state index contributed by atoms with van der Waals surface area (Å²) in [6.07, 6.45) is -1.11. The second kappa shape index (κ2) is 11.2. The van der Waals surface area contributed by atoms with Gasteiger partial charge in [-0.05, 0) is 36.5 Å². The lowest BCUT2D eigenvalue weighted by Crippen LogP contribution is -2.41. The molecule has 28 heavy (non-hydrogen) atoms. The third-order valence-corrected chi connectivity index (χ3v) is 5.77. The number of halogens is 4. The van der Waals surface area contributed by atoms with E-state index in [9.17, 15) is 21.6 Å². The van der Waals surface area contributed by atoms with Crippen LogP contribution in [0.25, 0.3) is 0 Å². The van der Waals surface area contributed by atoms with Crippen molar-refractivity contribution in [3.63, 3.8) is 0 Å². The molecular formula is C17H26F3IN4O2S. The minimum Gasteiger partial charge on any atom is -0.355 e. The molecule has 160 valence electrons. The van der Waals surface area contributed by atoms with Crippen LogP contribution in [0, 0.1) is 5.92 Å². The first-order valence-electron chi connectivity index (χ1n) is 8.77. The van der Waals surface area contributed by atoms with Crippen molar-refractivity contribution in [1.29, 1.82) is 0 Å². The van der Waals surface area contributed by atoms with Gasteiger partial charge in [0, 0.05) is 26.7 Å². The number of alkyl halides is 3. The number of hydrogen-bond donors (Lipinski definition) is 3. The fraction of sp³-hybridized carbons (Fsp3) is 0.588. The van der Waals surface area contributed by atoms with Gasteiger partial charge >= 0.3 is 6.18 Å². The quantitative estimate of drug-likeness (QED) is 0.272. The van der Waals surface area contributed by atoms with E-state index in [-0.39, 0.29) is 42.8 Å². The molecule has 0 bridgehead atoms. The van der Waals surface area contributed by atoms with E-state index >= 15 is 0 Å². The maximum Gasteiger partial charge on any atom is 0.416 e. The van der Waals surface area contributed by atoms with Gasteiger partial charge in [-0.2, -0.15) is 13.2 Å². The number of aliphatic imine (C=N–C) groups is 1. The highest BCUT2D eigenvalue weighted by molar-refractivity contribution is 14.0. The van der Waals surface area contributed by atoms with E-state index in [1.807, 2.05) is 0 Å². The van der Waals surface area contributed by atoms with Gasteiger partial charge in [0.25, 0.3) is 0 Å². The predicted molar refractivity (Wildman–Crippen MR) is 114 cm³/mol. The molecule has 6 nitrogen and oxygen atoms in total. The SMILES string of the molecule is CN=C(NCCS(=O)(=O)NCC1CCC1)NCc1cccc(C(F)(F)F)c1.I. The Morgan fingerprint density at radius 3 is 2.54 bits per heavy atom. The first-order valence-corrected chi connectivity index (χ1v) is 10.4. The van der Waals surface area contributed by atoms with Gasteiger partial charge < -0.3 is 10.6 Å². The van der Waals surface area contributed by atoms with Crippen LogP contribution < -0.4 is 15.4 Å². The molecule has 0 aliphatic heterocycles. The Hall–Kier alpha value is -1.08. The minimum atomic E-state index is -4.39. The van der Waals surface area contributed by atoms with Crippen molar-refractivity contribution in [2.75, 3.05) is 25.9 Å². The van der Waals surface area contributed by atoms with E-state index in [1.165, 1.54) is 13.1 Å². The summed E-state index contributed by atoms with van der Waals surface area (Å²) in [6.45, 7) is 0.753. The number of guanidine groups is 1. The Morgan fingerprint density at radius 1 is 1.25 bits per heavy atom. The maximum absolute atomic E-state index is 12.7. The van der Waals surface area contributed by atoms with Crippen molar-refractivity contribution in [3.8, 4) is 0 Å². The van der Waals surface area contributed by atoms with Crippen LogP contribution in [-0.4, -0.2) is 40.3 Å². The molecule has 3 N–H and O–H groups in total. The summed E-state index contributed by atoms with van der Waals surface area (Å²) in [5.41, 5.74) is -0.268. The van der Waals surface area contributed by atoms with Crippen LogP contribution in [0.1, 0.15) is 30.4 Å². The van der Waals surface area contributed by atoms with Crippen molar-refractivity contribution >= 4 is 40.0 Å². The van der Waals surface area contributed by atoms with E-state index in [0.717, 1.165) is 31.4 Å². The summed E-state index contributed by atoms with van der Waals surface area (Å²) in [6, 6.07) is 4.99. The van der Waals surface area contributed by atoms with Crippen LogP contribution in [0.5, 0.6) is 0 Å². The highest BCUT2D eigenvalue weighted by Gasteiger charge is 2.30. The summed E-state index contributed by atoms with van der Waals surface area (Å²) in [5.74, 6) is 0.653. The van der Waals surface area contributed by atoms with E-state index in [2.05, 4.69) is 20.3 Å². The van der Waals surface area contributed by atoms with Crippen LogP contribution in [0.4, 0.5) is 13.2 Å². The summed E-state index contributed by atoms with van der Waals surface area (Å²) in [4.78, 5) is 3.95. The van der Waals surface area contributed by atoms with Crippen LogP contribution in [0.2, 0.25) is 0 Å². The van der Waals surface area contributed by atoms with Crippen molar-refractivity contribution in [1.82, 2.24) is 15.4 Å². The van der Waals surface area contributed by atoms with Gasteiger partial charge in [-0.3, -0.25) is 4.99 Å². The molecule has 0 aromatic heterocycles. The van der Waals surface area contributed by atoms with Crippen molar-refractivity contribution < 1.29 is 21.6 Å². The number of nitrogens with one attached hydrogen (secondary N) is 3. The first-order chi connectivity index (χ1) is 12.7. The standard InChI is InChI=1S/C17H25F3N4O2S.HI/c1-21-16(22-8-9-27(25,26)24-12-13-4-2-5-13)23-11-14-6-3-7-15(10-14)17(18,19)20;/h3,6-7,10,13,24H,2,4-5,8-9,11-12H2,1H3,(H2,21,22,23);1H. The van der Waals surface area contributed by atoms with Gasteiger partial charge in [-0.15, -0.1) is 24.0 Å². The number of benzene rings is 1. The molecule has 11 heteroatoms. The largest absolute Gasteiger partial charge is 0.416 e. The molecule has 0 radical (unpaired) electrons. The summed E-state index contributed by atoms with van der Waals surface area (Å²) < 4.78 is 64.7. The third kappa shape index (κ3) is 8.52. The Labute approximate surface area is 180 Å². The number of hydrogen-bond acceptors (Lipinski definition) is 3. The molecule has 1 aromatic rings. The summed E-state index contributed by atoms with van der Waals surface area (Å²) in [5, 5.41) is 5.73. The molecule has 0 unspecified atom stereocenters. The van der Waals surface area contributed by atoms with Crippen LogP contribution >= 0.6 is 24.0 Å². The topological polar surface area (TPSA) is 82.6 Å². The van der Waals surface area contributed by atoms with E-state index in [1.54, 1.807) is 6.07 Å². The molecule has 1 aliphatic carbocycles. The van der Waals surface area contributed by atoms with Crippen LogP contribution in [-0.2, 0) is 22.7 Å². The van der Waals surface area contributed by atoms with Gasteiger partial charge in [0.1, 0.15) is 0 Å². The fourth-order valence-electron chi connectivity index (χ4n) is 2.58. The highest BCUT2D eigenvalue weighted by Crippen LogP contribution is 2.29. The number of sulfonamides is 1. The van der Waals surface area contributed by atoms with Gasteiger partial charge in [0.05, 0.1) is 11.3 Å². The van der Waals surface area contributed by atoms with E-state index in [4.69, 9.17) is 0 Å². The smallest absolute Gasteiger partial charge is 0.355 e. The molecule has 0 amide bonds. The molecule has 1 aromatic carbocycles. The van der Waals surface area contributed by atoms with Crippen molar-refractivity contribution in [2.45, 2.75) is 32.0 Å². The Morgan fingerprint density at radius 2 is 1.96 bits per heavy atom. The Bertz CT molecular complexity index is 753. The fourth-order valence-corrected chi connectivity index (χ4v) is 3.59. The summed E-state index contributed by atoms with van der Waals surface area (Å²) in [7, 11) is -1.86. The predicted octanol–water partition coefficient (Wildman–Crippen LogP) is 2.71. The molecule has 0 heterocycles. The lowest BCUT2D eigenvalue weighted by molar-refractivity contribution is -0.137. The number of rotatable bonds is 8. The lowest BCUT2D eigenvalue weighted by atomic mass is 9.86. The molecule has 1 aliphatic rings. The molecule has 0 atom stereocenters. The zero-order valence-electron chi connectivity index (χ0n) is 15.6. The van der Waals surface area contributed by atoms with Crippen molar-refractivity contribution in [3.05, 3.63) is 35.4 Å². The van der Waals surface area contributed by atoms with Gasteiger partial charge in [0.15, 0.2) is 5.96 Å². The third-order valence-electron chi connectivity index (χ3n) is 4.42. The molecule has 1 saturated carbocycles. The van der Waals surface area contributed by atoms with Gasteiger partial charge in [-0.25, -0.2) is 13.1 Å². The average Bonchev–Trinajstić information content (AvgIpc) is 2.56. The molecule has 1 fully saturated rings. The van der Waals surface area contributed by atoms with Crippen LogP contribution in [0.3, 0.4) is 0 Å². The van der Waals surface area contributed by atoms with Crippen LogP contribution in [0.15, 0.2) is 29.3 Å². The van der Waals surface area contributed by atoms with Crippen molar-refractivity contribution in [2.24, 2.45) is 10.9 Å². The molecular weight excluding hydrogens is 508 g/mol. The Kier molecular flexibility index (Phi) is 9.98. The second-order valence-corrected chi connectivity index (χ2v) is 8.44. The average molecular weight is 534 g/mol. The monoisotopic (exact) mass is 534 g/mol. The number of nitrogens with zero attached hydrogens (tertiary/aromatic N) is 1. The van der Waals surface area contributed by atoms with E-state index < -0.39 is 21.8 Å². The first kappa shape index (κ1) is 25.0. The Balaban J connectivity index is 0.00000392. The van der Waals surface area contributed by atoms with Gasteiger partial charge in [-0.1, -0.05) is 18.6 Å². The minimum absolute atomic E-state index is 0. The molecule has 2 rings (SSSR count). The highest BCUT2D eigenvalue weighted by atomic mass is 127. The molecule has 0 saturated heterocycles. The molecule has 0 spiro atoms. The van der Waals surface area contributed by atoms with E-state index in [0.29, 0.717) is 24.0 Å². The second-order valence-electron chi connectivity index (χ2n) is 6.51. The zero-order valence-corrected chi connectivity index (χ0v) is 18.7. The normalized spacial score (nSPS) is 15.5.